The summed E-state index contributed by atoms with van der Waals surface area (Å²) in [5, 5.41) is 24.2. The number of rotatable bonds is 7. The van der Waals surface area contributed by atoms with Gasteiger partial charge in [-0.05, 0) is 37.8 Å². The van der Waals surface area contributed by atoms with Crippen molar-refractivity contribution in [2.24, 2.45) is 0 Å². The van der Waals surface area contributed by atoms with Gasteiger partial charge in [0.1, 0.15) is 0 Å². The van der Waals surface area contributed by atoms with Crippen LogP contribution in [0.4, 0.5) is 5.69 Å². The van der Waals surface area contributed by atoms with E-state index >= 15 is 0 Å². The van der Waals surface area contributed by atoms with Crippen LogP contribution in [0.1, 0.15) is 43.1 Å². The normalized spacial score (nSPS) is 22.4. The van der Waals surface area contributed by atoms with Gasteiger partial charge in [-0.25, -0.2) is 0 Å². The molecule has 27 heavy (non-hydrogen) atoms. The van der Waals surface area contributed by atoms with E-state index in [0.29, 0.717) is 5.75 Å². The van der Waals surface area contributed by atoms with Crippen molar-refractivity contribution < 1.29 is 9.66 Å². The number of ether oxygens (including phenoxy) is 1. The molecule has 3 heterocycles. The molecule has 2 aliphatic rings. The van der Waals surface area contributed by atoms with Crippen molar-refractivity contribution in [2.45, 2.75) is 55.3 Å². The minimum atomic E-state index is -0.363. The van der Waals surface area contributed by atoms with Crippen LogP contribution in [0.3, 0.4) is 0 Å². The molecule has 8 nitrogen and oxygen atoms in total. The van der Waals surface area contributed by atoms with Gasteiger partial charge in [-0.15, -0.1) is 10.2 Å². The molecule has 0 amide bonds. The van der Waals surface area contributed by atoms with Gasteiger partial charge in [-0.2, -0.15) is 0 Å². The molecule has 1 aromatic carbocycles. The Balaban J connectivity index is 1.52. The van der Waals surface area contributed by atoms with Crippen LogP contribution in [-0.2, 0) is 17.0 Å². The molecule has 144 valence electrons. The van der Waals surface area contributed by atoms with Crippen molar-refractivity contribution >= 4 is 17.4 Å². The van der Waals surface area contributed by atoms with E-state index in [-0.39, 0.29) is 22.8 Å². The number of hydrogen-bond acceptors (Lipinski definition) is 7. The molecule has 2 unspecified atom stereocenters. The van der Waals surface area contributed by atoms with Gasteiger partial charge in [0.25, 0.3) is 5.69 Å². The largest absolute Gasteiger partial charge is 0.376 e. The Labute approximate surface area is 161 Å². The second kappa shape index (κ2) is 8.37. The number of nitro benzene ring substituents is 1. The molecular weight excluding hydrogens is 366 g/mol. The molecule has 9 heteroatoms. The summed E-state index contributed by atoms with van der Waals surface area (Å²) in [6.07, 6.45) is 4.58. The Bertz CT molecular complexity index is 800. The Morgan fingerprint density at radius 3 is 3.00 bits per heavy atom. The molecule has 0 saturated carbocycles. The maximum atomic E-state index is 11.0. The van der Waals surface area contributed by atoms with E-state index in [1.165, 1.54) is 6.07 Å². The SMILES string of the molecule is O=[N+]([O-])c1cccc(CSc2nnc(C3CCCN3)n2CC2CCCO2)c1. The maximum absolute atomic E-state index is 11.0. The Morgan fingerprint density at radius 2 is 2.26 bits per heavy atom. The molecule has 0 bridgehead atoms. The zero-order valence-electron chi connectivity index (χ0n) is 15.0. The maximum Gasteiger partial charge on any atom is 0.269 e. The van der Waals surface area contributed by atoms with Gasteiger partial charge in [0, 0.05) is 24.5 Å². The van der Waals surface area contributed by atoms with E-state index in [1.54, 1.807) is 23.9 Å². The van der Waals surface area contributed by atoms with E-state index < -0.39 is 0 Å². The van der Waals surface area contributed by atoms with Crippen LogP contribution in [0.2, 0.25) is 0 Å². The Kier molecular flexibility index (Phi) is 5.70. The number of nitrogens with one attached hydrogen (secondary N) is 1. The molecule has 2 fully saturated rings. The van der Waals surface area contributed by atoms with E-state index in [2.05, 4.69) is 20.1 Å². The van der Waals surface area contributed by atoms with E-state index in [9.17, 15) is 10.1 Å². The minimum absolute atomic E-state index is 0.116. The molecule has 0 aliphatic carbocycles. The van der Waals surface area contributed by atoms with Crippen LogP contribution in [0.15, 0.2) is 29.4 Å². The molecule has 0 radical (unpaired) electrons. The highest BCUT2D eigenvalue weighted by atomic mass is 32.2. The summed E-state index contributed by atoms with van der Waals surface area (Å²) in [5.74, 6) is 1.59. The summed E-state index contributed by atoms with van der Waals surface area (Å²) in [6, 6.07) is 7.00. The van der Waals surface area contributed by atoms with Gasteiger partial charge in [0.15, 0.2) is 11.0 Å². The average Bonchev–Trinajstić information content (AvgIpc) is 3.43. The Hall–Kier alpha value is -1.97. The Morgan fingerprint density at radius 1 is 1.33 bits per heavy atom. The molecule has 2 saturated heterocycles. The first-order valence-electron chi connectivity index (χ1n) is 9.35. The highest BCUT2D eigenvalue weighted by molar-refractivity contribution is 7.98. The standard InChI is InChI=1S/C18H23N5O3S/c24-23(25)14-5-1-4-13(10-14)12-27-18-21-20-17(16-7-2-8-19-16)22(18)11-15-6-3-9-26-15/h1,4-5,10,15-16,19H,2-3,6-9,11-12H2. The molecule has 1 aromatic heterocycles. The van der Waals surface area contributed by atoms with Gasteiger partial charge < -0.3 is 14.6 Å². The lowest BCUT2D eigenvalue weighted by Gasteiger charge is -2.17. The number of non-ortho nitro benzene ring substituents is 1. The molecule has 2 atom stereocenters. The third-order valence-electron chi connectivity index (χ3n) is 5.02. The number of benzene rings is 1. The molecular formula is C18H23N5O3S. The van der Waals surface area contributed by atoms with Crippen molar-refractivity contribution in [1.29, 1.82) is 0 Å². The highest BCUT2D eigenvalue weighted by Crippen LogP contribution is 2.29. The summed E-state index contributed by atoms with van der Waals surface area (Å²) in [5.41, 5.74) is 1.02. The predicted molar refractivity (Wildman–Crippen MR) is 102 cm³/mol. The van der Waals surface area contributed by atoms with Crippen LogP contribution >= 0.6 is 11.8 Å². The van der Waals surface area contributed by atoms with E-state index in [1.807, 2.05) is 6.07 Å². The summed E-state index contributed by atoms with van der Waals surface area (Å²) >= 11 is 1.57. The summed E-state index contributed by atoms with van der Waals surface area (Å²) in [6.45, 7) is 2.59. The zero-order chi connectivity index (χ0) is 18.6. The molecule has 2 aromatic rings. The third kappa shape index (κ3) is 4.31. The van der Waals surface area contributed by atoms with Crippen molar-refractivity contribution in [2.75, 3.05) is 13.2 Å². The first-order chi connectivity index (χ1) is 13.2. The van der Waals surface area contributed by atoms with Crippen LogP contribution in [0.5, 0.6) is 0 Å². The van der Waals surface area contributed by atoms with E-state index in [4.69, 9.17) is 4.74 Å². The van der Waals surface area contributed by atoms with Crippen molar-refractivity contribution in [3.05, 3.63) is 45.8 Å². The highest BCUT2D eigenvalue weighted by Gasteiger charge is 2.27. The van der Waals surface area contributed by atoms with Crippen LogP contribution in [0.25, 0.3) is 0 Å². The quantitative estimate of drug-likeness (QED) is 0.442. The number of aromatic nitrogens is 3. The zero-order valence-corrected chi connectivity index (χ0v) is 15.9. The molecule has 2 aliphatic heterocycles. The van der Waals surface area contributed by atoms with Crippen LogP contribution < -0.4 is 5.32 Å². The summed E-state index contributed by atoms with van der Waals surface area (Å²) in [7, 11) is 0. The average molecular weight is 389 g/mol. The fourth-order valence-electron chi connectivity index (χ4n) is 3.64. The van der Waals surface area contributed by atoms with Gasteiger partial charge >= 0.3 is 0 Å². The monoisotopic (exact) mass is 389 g/mol. The summed E-state index contributed by atoms with van der Waals surface area (Å²) in [4.78, 5) is 10.6. The van der Waals surface area contributed by atoms with Crippen LogP contribution in [0, 0.1) is 10.1 Å². The minimum Gasteiger partial charge on any atom is -0.376 e. The molecule has 1 N–H and O–H groups in total. The number of hydrogen-bond donors (Lipinski definition) is 1. The second-order valence-electron chi connectivity index (χ2n) is 6.95. The number of thioether (sulfide) groups is 1. The first kappa shape index (κ1) is 18.4. The number of nitro groups is 1. The summed E-state index contributed by atoms with van der Waals surface area (Å²) < 4.78 is 8.00. The predicted octanol–water partition coefficient (Wildman–Crippen LogP) is 3.08. The van der Waals surface area contributed by atoms with Crippen molar-refractivity contribution in [1.82, 2.24) is 20.1 Å². The van der Waals surface area contributed by atoms with Gasteiger partial charge in [-0.3, -0.25) is 10.1 Å². The van der Waals surface area contributed by atoms with Crippen LogP contribution in [-0.4, -0.2) is 38.9 Å². The van der Waals surface area contributed by atoms with Crippen molar-refractivity contribution in [3.63, 3.8) is 0 Å². The first-order valence-corrected chi connectivity index (χ1v) is 10.3. The lowest BCUT2D eigenvalue weighted by molar-refractivity contribution is -0.384. The second-order valence-corrected chi connectivity index (χ2v) is 7.89. The van der Waals surface area contributed by atoms with Gasteiger partial charge in [0.2, 0.25) is 0 Å². The van der Waals surface area contributed by atoms with Crippen molar-refractivity contribution in [3.8, 4) is 0 Å². The number of nitrogens with zero attached hydrogens (tertiary/aromatic N) is 4. The third-order valence-corrected chi connectivity index (χ3v) is 6.05. The van der Waals surface area contributed by atoms with E-state index in [0.717, 1.165) is 61.9 Å². The fraction of sp³-hybridized carbons (Fsp3) is 0.556. The van der Waals surface area contributed by atoms with Gasteiger partial charge in [-0.1, -0.05) is 23.9 Å². The fourth-order valence-corrected chi connectivity index (χ4v) is 4.54. The van der Waals surface area contributed by atoms with Gasteiger partial charge in [0.05, 0.1) is 23.6 Å². The topological polar surface area (TPSA) is 95.1 Å². The smallest absolute Gasteiger partial charge is 0.269 e. The molecule has 0 spiro atoms. The lowest BCUT2D eigenvalue weighted by Crippen LogP contribution is -2.23. The lowest BCUT2D eigenvalue weighted by atomic mass is 10.2. The molecule has 4 rings (SSSR count).